The molecule has 2 aromatic carbocycles. The summed E-state index contributed by atoms with van der Waals surface area (Å²) in [4.78, 5) is 14.7. The molecule has 0 fully saturated rings. The summed E-state index contributed by atoms with van der Waals surface area (Å²) in [6.07, 6.45) is 0.405. The molecule has 0 N–H and O–H groups in total. The average molecular weight is 341 g/mol. The van der Waals surface area contributed by atoms with E-state index in [2.05, 4.69) is 10.1 Å². The second kappa shape index (κ2) is 7.00. The van der Waals surface area contributed by atoms with Gasteiger partial charge in [0.25, 0.3) is 5.69 Å². The van der Waals surface area contributed by atoms with Gasteiger partial charge < -0.3 is 14.0 Å². The van der Waals surface area contributed by atoms with Crippen LogP contribution in [0.25, 0.3) is 11.4 Å². The van der Waals surface area contributed by atoms with Crippen molar-refractivity contribution in [2.75, 3.05) is 14.2 Å². The minimum Gasteiger partial charge on any atom is -0.493 e. The van der Waals surface area contributed by atoms with E-state index < -0.39 is 4.92 Å². The van der Waals surface area contributed by atoms with Gasteiger partial charge in [-0.25, -0.2) is 0 Å². The van der Waals surface area contributed by atoms with Crippen LogP contribution in [0, 0.1) is 10.1 Å². The molecule has 0 saturated heterocycles. The third-order valence-corrected chi connectivity index (χ3v) is 3.59. The van der Waals surface area contributed by atoms with Gasteiger partial charge in [-0.2, -0.15) is 4.98 Å². The van der Waals surface area contributed by atoms with E-state index in [0.717, 1.165) is 5.56 Å². The van der Waals surface area contributed by atoms with Crippen molar-refractivity contribution in [3.05, 3.63) is 64.0 Å². The summed E-state index contributed by atoms with van der Waals surface area (Å²) in [5, 5.41) is 14.8. The molecule has 3 rings (SSSR count). The number of nitrogens with zero attached hydrogens (tertiary/aromatic N) is 3. The molecule has 0 aliphatic heterocycles. The van der Waals surface area contributed by atoms with E-state index >= 15 is 0 Å². The van der Waals surface area contributed by atoms with Gasteiger partial charge in [0.05, 0.1) is 25.6 Å². The fourth-order valence-corrected chi connectivity index (χ4v) is 2.37. The van der Waals surface area contributed by atoms with Crippen LogP contribution in [0.3, 0.4) is 0 Å². The Morgan fingerprint density at radius 3 is 2.64 bits per heavy atom. The Morgan fingerprint density at radius 1 is 1.12 bits per heavy atom. The number of rotatable bonds is 6. The topological polar surface area (TPSA) is 101 Å². The van der Waals surface area contributed by atoms with Crippen molar-refractivity contribution in [2.24, 2.45) is 0 Å². The van der Waals surface area contributed by atoms with Crippen LogP contribution in [0.5, 0.6) is 11.5 Å². The summed E-state index contributed by atoms with van der Waals surface area (Å²) in [6.45, 7) is 0. The predicted octanol–water partition coefficient (Wildman–Crippen LogP) is 3.25. The fourth-order valence-electron chi connectivity index (χ4n) is 2.37. The molecule has 25 heavy (non-hydrogen) atoms. The summed E-state index contributed by atoms with van der Waals surface area (Å²) >= 11 is 0. The number of hydrogen-bond donors (Lipinski definition) is 0. The number of aromatic nitrogens is 2. The Labute approximate surface area is 143 Å². The highest BCUT2D eigenvalue weighted by Crippen LogP contribution is 2.28. The Bertz CT molecular complexity index is 907. The third kappa shape index (κ3) is 3.57. The van der Waals surface area contributed by atoms with Gasteiger partial charge in [0.2, 0.25) is 11.7 Å². The van der Waals surface area contributed by atoms with Gasteiger partial charge in [-0.3, -0.25) is 10.1 Å². The predicted molar refractivity (Wildman–Crippen MR) is 88.7 cm³/mol. The quantitative estimate of drug-likeness (QED) is 0.501. The monoisotopic (exact) mass is 341 g/mol. The molecule has 0 bridgehead atoms. The summed E-state index contributed by atoms with van der Waals surface area (Å²) in [5.74, 6) is 1.94. The summed E-state index contributed by atoms with van der Waals surface area (Å²) in [6, 6.07) is 11.6. The molecular formula is C17H15N3O5. The summed E-state index contributed by atoms with van der Waals surface area (Å²) in [5.41, 5.74) is 1.41. The lowest BCUT2D eigenvalue weighted by Gasteiger charge is -2.08. The molecule has 0 saturated carbocycles. The van der Waals surface area contributed by atoms with E-state index in [1.165, 1.54) is 12.1 Å². The van der Waals surface area contributed by atoms with Crippen molar-refractivity contribution in [1.82, 2.24) is 10.1 Å². The van der Waals surface area contributed by atoms with Gasteiger partial charge >= 0.3 is 0 Å². The van der Waals surface area contributed by atoms with Gasteiger partial charge in [0.15, 0.2) is 11.5 Å². The van der Waals surface area contributed by atoms with Crippen LogP contribution in [0.4, 0.5) is 5.69 Å². The minimum atomic E-state index is -0.464. The molecule has 128 valence electrons. The number of ether oxygens (including phenoxy) is 2. The van der Waals surface area contributed by atoms with E-state index in [-0.39, 0.29) is 5.69 Å². The van der Waals surface area contributed by atoms with Crippen LogP contribution in [0.15, 0.2) is 47.0 Å². The Hall–Kier alpha value is -3.42. The maximum absolute atomic E-state index is 10.9. The first kappa shape index (κ1) is 16.4. The van der Waals surface area contributed by atoms with E-state index in [1.54, 1.807) is 32.4 Å². The Kier molecular flexibility index (Phi) is 4.60. The molecule has 0 amide bonds. The van der Waals surface area contributed by atoms with E-state index in [4.69, 9.17) is 14.0 Å². The largest absolute Gasteiger partial charge is 0.493 e. The van der Waals surface area contributed by atoms with Gasteiger partial charge in [-0.1, -0.05) is 23.4 Å². The number of hydrogen-bond acceptors (Lipinski definition) is 7. The first-order chi connectivity index (χ1) is 12.1. The molecule has 0 spiro atoms. The van der Waals surface area contributed by atoms with Crippen LogP contribution < -0.4 is 9.47 Å². The standard InChI is InChI=1S/C17H15N3O5/c1-23-14-7-6-11(8-15(14)24-2)9-16-18-17(19-25-16)12-4-3-5-13(10-12)20(21)22/h3-8,10H,9H2,1-2H3. The molecule has 8 nitrogen and oxygen atoms in total. The third-order valence-electron chi connectivity index (χ3n) is 3.59. The zero-order valence-corrected chi connectivity index (χ0v) is 13.6. The average Bonchev–Trinajstić information content (AvgIpc) is 3.10. The molecule has 3 aromatic rings. The van der Waals surface area contributed by atoms with Crippen LogP contribution in [-0.2, 0) is 6.42 Å². The zero-order chi connectivity index (χ0) is 17.8. The van der Waals surface area contributed by atoms with Crippen LogP contribution in [-0.4, -0.2) is 29.3 Å². The molecule has 0 radical (unpaired) electrons. The van der Waals surface area contributed by atoms with Gasteiger partial charge in [-0.05, 0) is 17.7 Å². The van der Waals surface area contributed by atoms with Crippen LogP contribution >= 0.6 is 0 Å². The Balaban J connectivity index is 1.82. The number of non-ortho nitro benzene ring substituents is 1. The van der Waals surface area contributed by atoms with Crippen LogP contribution in [0.2, 0.25) is 0 Å². The lowest BCUT2D eigenvalue weighted by Crippen LogP contribution is -1.94. The minimum absolute atomic E-state index is 0.0243. The van der Waals surface area contributed by atoms with E-state index in [9.17, 15) is 10.1 Å². The van der Waals surface area contributed by atoms with E-state index in [1.807, 2.05) is 12.1 Å². The molecule has 0 aliphatic carbocycles. The SMILES string of the molecule is COc1ccc(Cc2nc(-c3cccc([N+](=O)[O-])c3)no2)cc1OC. The smallest absolute Gasteiger partial charge is 0.270 e. The van der Waals surface area contributed by atoms with Crippen molar-refractivity contribution in [3.63, 3.8) is 0 Å². The fraction of sp³-hybridized carbons (Fsp3) is 0.176. The zero-order valence-electron chi connectivity index (χ0n) is 13.6. The normalized spacial score (nSPS) is 10.5. The first-order valence-electron chi connectivity index (χ1n) is 7.39. The molecule has 0 atom stereocenters. The molecule has 0 aliphatic rings. The molecule has 1 aromatic heterocycles. The first-order valence-corrected chi connectivity index (χ1v) is 7.39. The second-order valence-electron chi connectivity index (χ2n) is 5.19. The summed E-state index contributed by atoms with van der Waals surface area (Å²) in [7, 11) is 3.13. The van der Waals surface area contributed by atoms with E-state index in [0.29, 0.717) is 35.2 Å². The van der Waals surface area contributed by atoms with Crippen molar-refractivity contribution >= 4 is 5.69 Å². The van der Waals surface area contributed by atoms with Crippen LogP contribution in [0.1, 0.15) is 11.5 Å². The summed E-state index contributed by atoms with van der Waals surface area (Å²) < 4.78 is 15.7. The lowest BCUT2D eigenvalue weighted by molar-refractivity contribution is -0.384. The molecule has 8 heteroatoms. The number of nitro groups is 1. The highest BCUT2D eigenvalue weighted by Gasteiger charge is 2.14. The highest BCUT2D eigenvalue weighted by atomic mass is 16.6. The van der Waals surface area contributed by atoms with Gasteiger partial charge in [0.1, 0.15) is 0 Å². The number of methoxy groups -OCH3 is 2. The van der Waals surface area contributed by atoms with Crippen molar-refractivity contribution in [2.45, 2.75) is 6.42 Å². The van der Waals surface area contributed by atoms with Crippen molar-refractivity contribution < 1.29 is 18.9 Å². The Morgan fingerprint density at radius 2 is 1.92 bits per heavy atom. The maximum Gasteiger partial charge on any atom is 0.270 e. The number of nitro benzene ring substituents is 1. The maximum atomic E-state index is 10.9. The van der Waals surface area contributed by atoms with Crippen molar-refractivity contribution in [3.8, 4) is 22.9 Å². The highest BCUT2D eigenvalue weighted by molar-refractivity contribution is 5.58. The molecule has 1 heterocycles. The molecular weight excluding hydrogens is 326 g/mol. The van der Waals surface area contributed by atoms with Gasteiger partial charge in [-0.15, -0.1) is 0 Å². The van der Waals surface area contributed by atoms with Crippen molar-refractivity contribution in [1.29, 1.82) is 0 Å². The van der Waals surface area contributed by atoms with Gasteiger partial charge in [0, 0.05) is 17.7 Å². The number of benzene rings is 2. The molecule has 0 unspecified atom stereocenters. The lowest BCUT2D eigenvalue weighted by atomic mass is 10.1. The second-order valence-corrected chi connectivity index (χ2v) is 5.19.